The minimum absolute atomic E-state index is 0.272. The molecule has 0 atom stereocenters. The molecule has 0 saturated heterocycles. The standard InChI is InChI=1S/C14H13N3O/c15-12-4-3-11-8-16-17(14(11)7-12)9-10-1-5-13(18)6-2-10/h1-8,18H,9,15H2. The van der Waals surface area contributed by atoms with Crippen LogP contribution in [0.2, 0.25) is 0 Å². The Hall–Kier alpha value is -2.49. The van der Waals surface area contributed by atoms with Crippen LogP contribution in [0.4, 0.5) is 5.69 Å². The Morgan fingerprint density at radius 2 is 1.89 bits per heavy atom. The zero-order valence-corrected chi connectivity index (χ0v) is 9.74. The molecule has 1 heterocycles. The highest BCUT2D eigenvalue weighted by Crippen LogP contribution is 2.18. The van der Waals surface area contributed by atoms with Gasteiger partial charge in [-0.3, -0.25) is 4.68 Å². The molecule has 0 bridgehead atoms. The molecule has 0 fully saturated rings. The van der Waals surface area contributed by atoms with E-state index in [0.717, 1.165) is 22.2 Å². The Kier molecular flexibility index (Phi) is 2.41. The van der Waals surface area contributed by atoms with Crippen molar-refractivity contribution in [2.24, 2.45) is 0 Å². The van der Waals surface area contributed by atoms with Gasteiger partial charge in [0, 0.05) is 11.1 Å². The van der Waals surface area contributed by atoms with Crippen LogP contribution in [0.3, 0.4) is 0 Å². The maximum atomic E-state index is 9.25. The molecule has 0 aliphatic carbocycles. The van der Waals surface area contributed by atoms with E-state index in [1.807, 2.05) is 41.2 Å². The second-order valence-corrected chi connectivity index (χ2v) is 4.29. The Morgan fingerprint density at radius 1 is 1.11 bits per heavy atom. The van der Waals surface area contributed by atoms with Crippen molar-refractivity contribution in [1.29, 1.82) is 0 Å². The van der Waals surface area contributed by atoms with Gasteiger partial charge in [-0.2, -0.15) is 5.10 Å². The van der Waals surface area contributed by atoms with Crippen LogP contribution in [0, 0.1) is 0 Å². The number of hydrogen-bond acceptors (Lipinski definition) is 3. The Morgan fingerprint density at radius 3 is 2.67 bits per heavy atom. The number of phenolic OH excluding ortho intramolecular Hbond substituents is 1. The summed E-state index contributed by atoms with van der Waals surface area (Å²) in [5, 5.41) is 14.7. The number of aromatic nitrogens is 2. The van der Waals surface area contributed by atoms with Crippen molar-refractivity contribution in [2.45, 2.75) is 6.54 Å². The smallest absolute Gasteiger partial charge is 0.115 e. The Balaban J connectivity index is 1.99. The maximum Gasteiger partial charge on any atom is 0.115 e. The van der Waals surface area contributed by atoms with Crippen LogP contribution >= 0.6 is 0 Å². The molecular formula is C14H13N3O. The first-order valence-corrected chi connectivity index (χ1v) is 5.71. The second-order valence-electron chi connectivity index (χ2n) is 4.29. The molecule has 0 saturated carbocycles. The average molecular weight is 239 g/mol. The number of benzene rings is 2. The number of nitrogens with two attached hydrogens (primary N) is 1. The minimum Gasteiger partial charge on any atom is -0.508 e. The lowest BCUT2D eigenvalue weighted by molar-refractivity contribution is 0.475. The van der Waals surface area contributed by atoms with Crippen LogP contribution < -0.4 is 5.73 Å². The van der Waals surface area contributed by atoms with E-state index in [1.165, 1.54) is 0 Å². The number of phenols is 1. The average Bonchev–Trinajstić information content (AvgIpc) is 2.75. The maximum absolute atomic E-state index is 9.25. The van der Waals surface area contributed by atoms with Crippen LogP contribution in [-0.4, -0.2) is 14.9 Å². The van der Waals surface area contributed by atoms with Gasteiger partial charge in [-0.25, -0.2) is 0 Å². The van der Waals surface area contributed by atoms with E-state index in [0.29, 0.717) is 6.54 Å². The van der Waals surface area contributed by atoms with Gasteiger partial charge in [0.25, 0.3) is 0 Å². The number of rotatable bonds is 2. The van der Waals surface area contributed by atoms with Crippen LogP contribution in [0.5, 0.6) is 5.75 Å². The number of aromatic hydroxyl groups is 1. The highest BCUT2D eigenvalue weighted by Gasteiger charge is 2.03. The van der Waals surface area contributed by atoms with E-state index in [9.17, 15) is 5.11 Å². The summed E-state index contributed by atoms with van der Waals surface area (Å²) < 4.78 is 1.90. The number of hydrogen-bond donors (Lipinski definition) is 2. The van der Waals surface area contributed by atoms with Gasteiger partial charge in [0.1, 0.15) is 5.75 Å². The van der Waals surface area contributed by atoms with E-state index in [1.54, 1.807) is 12.1 Å². The molecule has 18 heavy (non-hydrogen) atoms. The quantitative estimate of drug-likeness (QED) is 0.675. The molecule has 2 aromatic carbocycles. The third-order valence-electron chi connectivity index (χ3n) is 2.94. The molecule has 0 spiro atoms. The summed E-state index contributed by atoms with van der Waals surface area (Å²) in [5.74, 6) is 0.272. The van der Waals surface area contributed by atoms with Crippen molar-refractivity contribution < 1.29 is 5.11 Å². The molecule has 0 aliphatic rings. The SMILES string of the molecule is Nc1ccc2cnn(Cc3ccc(O)cc3)c2c1. The van der Waals surface area contributed by atoms with E-state index in [-0.39, 0.29) is 5.75 Å². The van der Waals surface area contributed by atoms with Gasteiger partial charge in [0.05, 0.1) is 18.3 Å². The molecule has 3 N–H and O–H groups in total. The predicted molar refractivity (Wildman–Crippen MR) is 71.4 cm³/mol. The fourth-order valence-corrected chi connectivity index (χ4v) is 1.99. The monoisotopic (exact) mass is 239 g/mol. The third-order valence-corrected chi connectivity index (χ3v) is 2.94. The molecule has 1 aromatic heterocycles. The topological polar surface area (TPSA) is 64.1 Å². The van der Waals surface area contributed by atoms with Crippen molar-refractivity contribution in [3.63, 3.8) is 0 Å². The summed E-state index contributed by atoms with van der Waals surface area (Å²) in [7, 11) is 0. The summed E-state index contributed by atoms with van der Waals surface area (Å²) in [5.41, 5.74) is 8.62. The van der Waals surface area contributed by atoms with Crippen molar-refractivity contribution in [1.82, 2.24) is 9.78 Å². The lowest BCUT2D eigenvalue weighted by Gasteiger charge is -2.04. The van der Waals surface area contributed by atoms with Crippen LogP contribution in [0.15, 0.2) is 48.7 Å². The lowest BCUT2D eigenvalue weighted by Crippen LogP contribution is -2.01. The predicted octanol–water partition coefficient (Wildman–Crippen LogP) is 2.37. The largest absolute Gasteiger partial charge is 0.508 e. The van der Waals surface area contributed by atoms with Crippen molar-refractivity contribution in [2.75, 3.05) is 5.73 Å². The fraction of sp³-hybridized carbons (Fsp3) is 0.0714. The van der Waals surface area contributed by atoms with Gasteiger partial charge in [-0.05, 0) is 35.9 Å². The van der Waals surface area contributed by atoms with Gasteiger partial charge >= 0.3 is 0 Å². The summed E-state index contributed by atoms with van der Waals surface area (Å²) in [4.78, 5) is 0. The first kappa shape index (κ1) is 10.7. The number of fused-ring (bicyclic) bond motifs is 1. The Bertz CT molecular complexity index is 686. The number of anilines is 1. The highest BCUT2D eigenvalue weighted by atomic mass is 16.3. The van der Waals surface area contributed by atoms with Crippen molar-refractivity contribution in [3.8, 4) is 5.75 Å². The van der Waals surface area contributed by atoms with Gasteiger partial charge in [0.2, 0.25) is 0 Å². The Labute approximate surface area is 104 Å². The van der Waals surface area contributed by atoms with E-state index < -0.39 is 0 Å². The number of nitrogen functional groups attached to an aromatic ring is 1. The van der Waals surface area contributed by atoms with Crippen LogP contribution in [0.1, 0.15) is 5.56 Å². The van der Waals surface area contributed by atoms with Gasteiger partial charge in [-0.1, -0.05) is 12.1 Å². The van der Waals surface area contributed by atoms with Crippen LogP contribution in [-0.2, 0) is 6.54 Å². The first-order valence-electron chi connectivity index (χ1n) is 5.71. The molecule has 0 aliphatic heterocycles. The van der Waals surface area contributed by atoms with Crippen molar-refractivity contribution >= 4 is 16.6 Å². The lowest BCUT2D eigenvalue weighted by atomic mass is 10.2. The minimum atomic E-state index is 0.272. The number of nitrogens with zero attached hydrogens (tertiary/aromatic N) is 2. The summed E-state index contributed by atoms with van der Waals surface area (Å²) >= 11 is 0. The van der Waals surface area contributed by atoms with E-state index >= 15 is 0 Å². The van der Waals surface area contributed by atoms with Gasteiger partial charge in [0.15, 0.2) is 0 Å². The normalized spacial score (nSPS) is 10.9. The van der Waals surface area contributed by atoms with Gasteiger partial charge < -0.3 is 10.8 Å². The highest BCUT2D eigenvalue weighted by molar-refractivity contribution is 5.81. The molecule has 4 heteroatoms. The summed E-state index contributed by atoms with van der Waals surface area (Å²) in [6.07, 6.45) is 1.83. The van der Waals surface area contributed by atoms with Crippen molar-refractivity contribution in [3.05, 3.63) is 54.2 Å². The molecule has 3 rings (SSSR count). The van der Waals surface area contributed by atoms with Crippen LogP contribution in [0.25, 0.3) is 10.9 Å². The molecular weight excluding hydrogens is 226 g/mol. The third kappa shape index (κ3) is 1.88. The zero-order valence-electron chi connectivity index (χ0n) is 9.74. The molecule has 0 unspecified atom stereocenters. The molecule has 90 valence electrons. The van der Waals surface area contributed by atoms with Gasteiger partial charge in [-0.15, -0.1) is 0 Å². The zero-order chi connectivity index (χ0) is 12.5. The molecule has 4 nitrogen and oxygen atoms in total. The summed E-state index contributed by atoms with van der Waals surface area (Å²) in [6.45, 7) is 0.660. The molecule has 3 aromatic rings. The molecule has 0 radical (unpaired) electrons. The van der Waals surface area contributed by atoms with E-state index in [4.69, 9.17) is 5.73 Å². The summed E-state index contributed by atoms with van der Waals surface area (Å²) in [6, 6.07) is 12.9. The fourth-order valence-electron chi connectivity index (χ4n) is 1.99. The first-order chi connectivity index (χ1) is 8.72. The van der Waals surface area contributed by atoms with E-state index in [2.05, 4.69) is 5.10 Å². The molecule has 0 amide bonds. The second kappa shape index (κ2) is 4.07.